The van der Waals surface area contributed by atoms with Gasteiger partial charge in [0.25, 0.3) is 0 Å². The molecular formula is C16H25BO2. The van der Waals surface area contributed by atoms with Gasteiger partial charge in [0, 0.05) is 0 Å². The fourth-order valence-corrected chi connectivity index (χ4v) is 2.29. The van der Waals surface area contributed by atoms with Gasteiger partial charge in [-0.15, -0.1) is 0 Å². The van der Waals surface area contributed by atoms with Crippen molar-refractivity contribution in [1.82, 2.24) is 0 Å². The lowest BCUT2D eigenvalue weighted by molar-refractivity contribution is 0.00578. The van der Waals surface area contributed by atoms with Crippen molar-refractivity contribution in [3.63, 3.8) is 0 Å². The average molecular weight is 260 g/mol. The zero-order valence-corrected chi connectivity index (χ0v) is 13.2. The van der Waals surface area contributed by atoms with Crippen molar-refractivity contribution in [2.45, 2.75) is 65.6 Å². The minimum Gasteiger partial charge on any atom is -0.399 e. The van der Waals surface area contributed by atoms with Crippen LogP contribution in [-0.2, 0) is 9.31 Å². The molecule has 0 unspecified atom stereocenters. The van der Waals surface area contributed by atoms with E-state index < -0.39 is 0 Å². The Morgan fingerprint density at radius 3 is 1.95 bits per heavy atom. The zero-order valence-electron chi connectivity index (χ0n) is 13.2. The highest BCUT2D eigenvalue weighted by Gasteiger charge is 2.51. The molecule has 0 radical (unpaired) electrons. The van der Waals surface area contributed by atoms with E-state index in [0.717, 1.165) is 5.46 Å². The van der Waals surface area contributed by atoms with Crippen LogP contribution in [0.15, 0.2) is 18.2 Å². The Hall–Kier alpha value is -0.795. The van der Waals surface area contributed by atoms with Crippen molar-refractivity contribution >= 4 is 12.6 Å². The van der Waals surface area contributed by atoms with Crippen LogP contribution < -0.4 is 5.46 Å². The highest BCUT2D eigenvalue weighted by atomic mass is 16.7. The van der Waals surface area contributed by atoms with E-state index in [9.17, 15) is 0 Å². The summed E-state index contributed by atoms with van der Waals surface area (Å²) in [6.07, 6.45) is 0. The lowest BCUT2D eigenvalue weighted by atomic mass is 9.75. The van der Waals surface area contributed by atoms with Crippen LogP contribution in [0.1, 0.15) is 58.6 Å². The van der Waals surface area contributed by atoms with Crippen LogP contribution in [-0.4, -0.2) is 18.3 Å². The maximum Gasteiger partial charge on any atom is 0.495 e. The number of aryl methyl sites for hydroxylation is 1. The topological polar surface area (TPSA) is 18.5 Å². The van der Waals surface area contributed by atoms with Crippen LogP contribution in [0.5, 0.6) is 0 Å². The minimum absolute atomic E-state index is 0.258. The Labute approximate surface area is 117 Å². The van der Waals surface area contributed by atoms with Gasteiger partial charge in [-0.05, 0) is 51.6 Å². The van der Waals surface area contributed by atoms with Crippen LogP contribution in [0.3, 0.4) is 0 Å². The summed E-state index contributed by atoms with van der Waals surface area (Å²) in [4.78, 5) is 0. The maximum atomic E-state index is 6.11. The lowest BCUT2D eigenvalue weighted by Gasteiger charge is -2.32. The highest BCUT2D eigenvalue weighted by Crippen LogP contribution is 2.36. The van der Waals surface area contributed by atoms with E-state index in [-0.39, 0.29) is 18.3 Å². The molecule has 1 aliphatic heterocycles. The SMILES string of the molecule is Cc1cc(C(C)C)ccc1B1OC(C)(C)C(C)(C)O1. The molecule has 1 aromatic carbocycles. The largest absolute Gasteiger partial charge is 0.495 e. The standard InChI is InChI=1S/C16H25BO2/c1-11(2)13-8-9-14(12(3)10-13)17-18-15(4,5)16(6,7)19-17/h8-11H,1-7H3. The molecule has 1 saturated heterocycles. The number of hydrogen-bond donors (Lipinski definition) is 0. The van der Waals surface area contributed by atoms with Gasteiger partial charge in [-0.2, -0.15) is 0 Å². The molecule has 0 bridgehead atoms. The predicted molar refractivity (Wildman–Crippen MR) is 81.0 cm³/mol. The third-order valence-electron chi connectivity index (χ3n) is 4.47. The molecule has 1 aromatic rings. The van der Waals surface area contributed by atoms with Gasteiger partial charge in [0.1, 0.15) is 0 Å². The first kappa shape index (κ1) is 14.6. The van der Waals surface area contributed by atoms with Crippen LogP contribution in [0, 0.1) is 6.92 Å². The van der Waals surface area contributed by atoms with Gasteiger partial charge in [0.05, 0.1) is 11.2 Å². The van der Waals surface area contributed by atoms with Gasteiger partial charge in [0.2, 0.25) is 0 Å². The van der Waals surface area contributed by atoms with Gasteiger partial charge in [-0.1, -0.05) is 37.6 Å². The number of rotatable bonds is 2. The molecule has 0 saturated carbocycles. The van der Waals surface area contributed by atoms with Gasteiger partial charge < -0.3 is 9.31 Å². The molecule has 2 nitrogen and oxygen atoms in total. The third-order valence-corrected chi connectivity index (χ3v) is 4.47. The smallest absolute Gasteiger partial charge is 0.399 e. The van der Waals surface area contributed by atoms with Crippen LogP contribution in [0.2, 0.25) is 0 Å². The molecule has 19 heavy (non-hydrogen) atoms. The molecule has 104 valence electrons. The van der Waals surface area contributed by atoms with E-state index in [0.29, 0.717) is 5.92 Å². The normalized spacial score (nSPS) is 21.2. The van der Waals surface area contributed by atoms with Crippen molar-refractivity contribution in [3.05, 3.63) is 29.3 Å². The summed E-state index contributed by atoms with van der Waals surface area (Å²) in [5.41, 5.74) is 3.19. The summed E-state index contributed by atoms with van der Waals surface area (Å²) in [6.45, 7) is 14.9. The molecule has 0 amide bonds. The molecule has 1 fully saturated rings. The zero-order chi connectivity index (χ0) is 14.4. The van der Waals surface area contributed by atoms with E-state index in [2.05, 4.69) is 66.7 Å². The van der Waals surface area contributed by atoms with Gasteiger partial charge in [-0.25, -0.2) is 0 Å². The number of benzene rings is 1. The summed E-state index contributed by atoms with van der Waals surface area (Å²) in [7, 11) is -0.258. The molecule has 0 spiro atoms. The van der Waals surface area contributed by atoms with Crippen molar-refractivity contribution in [3.8, 4) is 0 Å². The van der Waals surface area contributed by atoms with Crippen LogP contribution in [0.4, 0.5) is 0 Å². The van der Waals surface area contributed by atoms with E-state index in [1.54, 1.807) is 0 Å². The summed E-state index contributed by atoms with van der Waals surface area (Å²) in [5, 5.41) is 0. The van der Waals surface area contributed by atoms with E-state index in [1.807, 2.05) is 0 Å². The second kappa shape index (κ2) is 4.64. The molecule has 1 heterocycles. The Morgan fingerprint density at radius 1 is 1.00 bits per heavy atom. The first-order valence-electron chi connectivity index (χ1n) is 7.10. The summed E-state index contributed by atoms with van der Waals surface area (Å²) in [5.74, 6) is 0.547. The molecule has 0 atom stereocenters. The number of hydrogen-bond acceptors (Lipinski definition) is 2. The summed E-state index contributed by atoms with van der Waals surface area (Å²) in [6, 6.07) is 6.57. The highest BCUT2D eigenvalue weighted by molar-refractivity contribution is 6.62. The van der Waals surface area contributed by atoms with Gasteiger partial charge in [0.15, 0.2) is 0 Å². The van der Waals surface area contributed by atoms with E-state index in [4.69, 9.17) is 9.31 Å². The minimum atomic E-state index is -0.277. The van der Waals surface area contributed by atoms with Crippen molar-refractivity contribution in [2.24, 2.45) is 0 Å². The molecular weight excluding hydrogens is 235 g/mol. The Bertz CT molecular complexity index is 462. The van der Waals surface area contributed by atoms with Crippen molar-refractivity contribution in [1.29, 1.82) is 0 Å². The Kier molecular flexibility index (Phi) is 3.57. The quantitative estimate of drug-likeness (QED) is 0.758. The van der Waals surface area contributed by atoms with Crippen LogP contribution >= 0.6 is 0 Å². The first-order valence-corrected chi connectivity index (χ1v) is 7.10. The second-order valence-corrected chi connectivity index (χ2v) is 6.86. The maximum absolute atomic E-state index is 6.11. The molecule has 2 rings (SSSR count). The van der Waals surface area contributed by atoms with Crippen molar-refractivity contribution < 1.29 is 9.31 Å². The van der Waals surface area contributed by atoms with E-state index >= 15 is 0 Å². The van der Waals surface area contributed by atoms with Crippen LogP contribution in [0.25, 0.3) is 0 Å². The third kappa shape index (κ3) is 2.59. The Morgan fingerprint density at radius 2 is 1.53 bits per heavy atom. The van der Waals surface area contributed by atoms with Gasteiger partial charge in [-0.3, -0.25) is 0 Å². The fraction of sp³-hybridized carbons (Fsp3) is 0.625. The monoisotopic (exact) mass is 260 g/mol. The molecule has 3 heteroatoms. The van der Waals surface area contributed by atoms with Gasteiger partial charge >= 0.3 is 7.12 Å². The molecule has 0 aromatic heterocycles. The summed E-state index contributed by atoms with van der Waals surface area (Å²) < 4.78 is 12.2. The van der Waals surface area contributed by atoms with E-state index in [1.165, 1.54) is 11.1 Å². The lowest BCUT2D eigenvalue weighted by Crippen LogP contribution is -2.41. The first-order chi connectivity index (χ1) is 8.64. The molecule has 0 aliphatic carbocycles. The predicted octanol–water partition coefficient (Wildman–Crippen LogP) is 3.42. The Balaban J connectivity index is 2.30. The molecule has 1 aliphatic rings. The average Bonchev–Trinajstić information content (AvgIpc) is 2.47. The van der Waals surface area contributed by atoms with Crippen molar-refractivity contribution in [2.75, 3.05) is 0 Å². The second-order valence-electron chi connectivity index (χ2n) is 6.86. The summed E-state index contributed by atoms with van der Waals surface area (Å²) >= 11 is 0. The molecule has 0 N–H and O–H groups in total. The fourth-order valence-electron chi connectivity index (χ4n) is 2.29.